The summed E-state index contributed by atoms with van der Waals surface area (Å²) in [6.45, 7) is 6.20. The average molecular weight is 1080 g/mol. The van der Waals surface area contributed by atoms with Gasteiger partial charge in [0.2, 0.25) is 53.2 Å². The van der Waals surface area contributed by atoms with E-state index in [2.05, 4.69) is 60.1 Å². The molecule has 0 aliphatic heterocycles. The van der Waals surface area contributed by atoms with Gasteiger partial charge in [-0.2, -0.15) is 24.4 Å². The third kappa shape index (κ3) is 20.9. The molecule has 1 aromatic heterocycles. The van der Waals surface area contributed by atoms with Crippen LogP contribution >= 0.6 is 24.4 Å². The van der Waals surface area contributed by atoms with E-state index in [0.29, 0.717) is 30.7 Å². The number of para-hydroxylation sites is 1. The number of nitrogens with one attached hydrogen (secondary N) is 9. The van der Waals surface area contributed by atoms with E-state index in [9.17, 15) is 53.1 Å². The number of thiol groups is 1. The van der Waals surface area contributed by atoms with Crippen LogP contribution in [0.25, 0.3) is 10.9 Å². The number of primary amides is 1. The quantitative estimate of drug-likeness (QED) is 0.0254. The molecule has 3 aromatic rings. The first kappa shape index (κ1) is 62.6. The van der Waals surface area contributed by atoms with Crippen molar-refractivity contribution in [3.05, 3.63) is 71.9 Å². The first-order valence-electron chi connectivity index (χ1n) is 24.6. The highest BCUT2D eigenvalue weighted by Crippen LogP contribution is 2.19. The molecular formula is C50H74N12O11S2. The average Bonchev–Trinajstić information content (AvgIpc) is 3.77. The molecule has 8 atom stereocenters. The highest BCUT2D eigenvalue weighted by molar-refractivity contribution is 7.98. The summed E-state index contributed by atoms with van der Waals surface area (Å²) in [7, 11) is 0. The monoisotopic (exact) mass is 1080 g/mol. The molecule has 412 valence electrons. The Morgan fingerprint density at radius 1 is 0.640 bits per heavy atom. The number of carbonyl (C=O) groups excluding carboxylic acids is 9. The summed E-state index contributed by atoms with van der Waals surface area (Å²) in [4.78, 5) is 136. The Kier molecular flexibility index (Phi) is 26.6. The minimum Gasteiger partial charge on any atom is -0.480 e. The van der Waals surface area contributed by atoms with Crippen molar-refractivity contribution < 1.29 is 53.1 Å². The van der Waals surface area contributed by atoms with Crippen LogP contribution in [-0.2, 0) is 60.8 Å². The van der Waals surface area contributed by atoms with Crippen LogP contribution in [0.1, 0.15) is 70.9 Å². The van der Waals surface area contributed by atoms with E-state index in [1.54, 1.807) is 70.5 Å². The molecule has 9 amide bonds. The van der Waals surface area contributed by atoms with Gasteiger partial charge in [0.05, 0.1) is 19.0 Å². The first-order valence-corrected chi connectivity index (χ1v) is 26.7. The van der Waals surface area contributed by atoms with Gasteiger partial charge in [-0.15, -0.1) is 0 Å². The number of fused-ring (bicyclic) bond motifs is 1. The number of hydrogen-bond donors (Lipinski definition) is 14. The third-order valence-corrected chi connectivity index (χ3v) is 13.0. The second-order valence-corrected chi connectivity index (χ2v) is 20.0. The van der Waals surface area contributed by atoms with Crippen molar-refractivity contribution in [1.82, 2.24) is 47.5 Å². The second-order valence-electron chi connectivity index (χ2n) is 18.7. The Bertz CT molecular complexity index is 2430. The molecule has 23 nitrogen and oxygen atoms in total. The Labute approximate surface area is 446 Å². The number of benzene rings is 2. The number of carbonyl (C=O) groups is 10. The maximum atomic E-state index is 13.9. The lowest BCUT2D eigenvalue weighted by Gasteiger charge is -2.28. The predicted molar refractivity (Wildman–Crippen MR) is 288 cm³/mol. The molecule has 16 N–H and O–H groups in total. The Hall–Kier alpha value is -6.70. The molecule has 3 rings (SSSR count). The van der Waals surface area contributed by atoms with Gasteiger partial charge in [-0.05, 0) is 79.7 Å². The van der Waals surface area contributed by atoms with Gasteiger partial charge in [-0.3, -0.25) is 43.2 Å². The molecule has 0 saturated heterocycles. The highest BCUT2D eigenvalue weighted by Gasteiger charge is 2.35. The number of aromatic amines is 1. The number of thioether (sulfide) groups is 1. The summed E-state index contributed by atoms with van der Waals surface area (Å²) >= 11 is 5.54. The van der Waals surface area contributed by atoms with Gasteiger partial charge in [0.15, 0.2) is 0 Å². The van der Waals surface area contributed by atoms with Crippen LogP contribution in [0.5, 0.6) is 0 Å². The van der Waals surface area contributed by atoms with Crippen molar-refractivity contribution in [3.63, 3.8) is 0 Å². The van der Waals surface area contributed by atoms with Gasteiger partial charge < -0.3 is 69.8 Å². The van der Waals surface area contributed by atoms with Crippen molar-refractivity contribution in [1.29, 1.82) is 0 Å². The molecule has 0 bridgehead atoms. The lowest BCUT2D eigenvalue weighted by molar-refractivity contribution is -0.142. The molecule has 0 spiro atoms. The number of aliphatic carboxylic acids is 1. The fourth-order valence-electron chi connectivity index (χ4n) is 7.74. The first-order chi connectivity index (χ1) is 35.6. The lowest BCUT2D eigenvalue weighted by Crippen LogP contribution is -2.60. The van der Waals surface area contributed by atoms with Crippen molar-refractivity contribution in [2.24, 2.45) is 29.0 Å². The predicted octanol–water partition coefficient (Wildman–Crippen LogP) is -1.13. The summed E-state index contributed by atoms with van der Waals surface area (Å²) in [5.74, 6) is -9.65. The molecule has 25 heteroatoms. The van der Waals surface area contributed by atoms with Crippen molar-refractivity contribution in [2.75, 3.05) is 30.9 Å². The van der Waals surface area contributed by atoms with Crippen LogP contribution in [0.15, 0.2) is 60.8 Å². The summed E-state index contributed by atoms with van der Waals surface area (Å²) in [5, 5.41) is 30.8. The molecule has 0 fully saturated rings. The SMILES string of the molecule is CSCC[C@H](NC(=O)[C@@H](NC(=O)[C@H](CC(N)=O)NC(=O)CNC(=O)[C@H](Cc1ccccc1)NC(=O)[C@@H](NC(=O)[C@@H](N)Cc1c[nH]c2ccccc12)C(C)C)C(C)C)C(=O)N[C@@H](CS)C(=O)N[C@@H](CCCCN)C(=O)O. The van der Waals surface area contributed by atoms with Gasteiger partial charge in [0, 0.05) is 29.3 Å². The van der Waals surface area contributed by atoms with E-state index in [-0.39, 0.29) is 31.4 Å². The fourth-order valence-corrected chi connectivity index (χ4v) is 8.46. The zero-order chi connectivity index (χ0) is 55.8. The highest BCUT2D eigenvalue weighted by atomic mass is 32.2. The molecule has 0 radical (unpaired) electrons. The smallest absolute Gasteiger partial charge is 0.326 e. The number of amides is 9. The number of hydrogen-bond acceptors (Lipinski definition) is 14. The van der Waals surface area contributed by atoms with Crippen molar-refractivity contribution >= 4 is 94.4 Å². The van der Waals surface area contributed by atoms with E-state index in [1.165, 1.54) is 11.8 Å². The molecule has 0 aliphatic carbocycles. The van der Waals surface area contributed by atoms with E-state index >= 15 is 0 Å². The largest absolute Gasteiger partial charge is 0.480 e. The lowest BCUT2D eigenvalue weighted by atomic mass is 9.99. The molecule has 0 saturated carbocycles. The number of carboxylic acids is 1. The summed E-state index contributed by atoms with van der Waals surface area (Å²) in [6, 6.07) is 6.06. The zero-order valence-corrected chi connectivity index (χ0v) is 44.7. The van der Waals surface area contributed by atoms with Crippen LogP contribution in [-0.4, -0.2) is 148 Å². The number of carboxylic acid groups (broad SMARTS) is 1. The van der Waals surface area contributed by atoms with Crippen molar-refractivity contribution in [2.45, 2.75) is 121 Å². The second kappa shape index (κ2) is 31.9. The molecule has 75 heavy (non-hydrogen) atoms. The zero-order valence-electron chi connectivity index (χ0n) is 42.9. The van der Waals surface area contributed by atoms with Crippen LogP contribution < -0.4 is 59.7 Å². The maximum absolute atomic E-state index is 13.9. The standard InChI is InChI=1S/C50H74N12O11S2/c1-27(2)41(61-43(65)32(52)22-30-24-54-33-16-10-9-15-31(30)33)49(71)59-36(21-29-13-7-6-8-14-29)44(66)55-25-40(64)56-37(23-39(53)63)46(68)62-42(28(3)4)48(70)57-34(18-20-75-5)45(67)60-38(26-74)47(69)58-35(50(72)73)17-11-12-19-51/h6-10,13-16,24,27-28,32,34-38,41-42,54,74H,11-12,17-23,25-26,51-52H2,1-5H3,(H2,53,63)(H,55,66)(H,56,64)(H,57,70)(H,58,69)(H,59,71)(H,60,67)(H,61,65)(H,62,68)(H,72,73)/t32-,34-,35-,36-,37-,38-,41-,42-/m0/s1. The van der Waals surface area contributed by atoms with E-state index in [4.69, 9.17) is 17.2 Å². The number of aromatic nitrogens is 1. The normalized spacial score (nSPS) is 14.4. The third-order valence-electron chi connectivity index (χ3n) is 12.0. The van der Waals surface area contributed by atoms with Crippen LogP contribution in [0.2, 0.25) is 0 Å². The minimum atomic E-state index is -1.64. The van der Waals surface area contributed by atoms with Gasteiger partial charge >= 0.3 is 5.97 Å². The number of nitrogens with two attached hydrogens (primary N) is 3. The summed E-state index contributed by atoms with van der Waals surface area (Å²) in [6.07, 6.45) is 4.12. The summed E-state index contributed by atoms with van der Waals surface area (Å²) < 4.78 is 0. The topological polar surface area (TPSA) is 381 Å². The number of rotatable bonds is 33. The molecular weight excluding hydrogens is 1010 g/mol. The Morgan fingerprint density at radius 3 is 1.79 bits per heavy atom. The van der Waals surface area contributed by atoms with Crippen molar-refractivity contribution in [3.8, 4) is 0 Å². The van der Waals surface area contributed by atoms with E-state index in [0.717, 1.165) is 16.5 Å². The number of unbranched alkanes of at least 4 members (excludes halogenated alkanes) is 1. The van der Waals surface area contributed by atoms with Gasteiger partial charge in [-0.25, -0.2) is 4.79 Å². The van der Waals surface area contributed by atoms with Crippen LogP contribution in [0.4, 0.5) is 0 Å². The molecule has 1 heterocycles. The molecule has 0 unspecified atom stereocenters. The Balaban J connectivity index is 1.71. The van der Waals surface area contributed by atoms with E-state index in [1.807, 2.05) is 24.3 Å². The van der Waals surface area contributed by atoms with Crippen LogP contribution in [0, 0.1) is 11.8 Å². The number of H-pyrrole nitrogens is 1. The summed E-state index contributed by atoms with van der Waals surface area (Å²) in [5.41, 5.74) is 19.6. The molecule has 0 aliphatic rings. The van der Waals surface area contributed by atoms with E-state index < -0.39 is 132 Å². The Morgan fingerprint density at radius 2 is 1.20 bits per heavy atom. The fraction of sp³-hybridized carbons (Fsp3) is 0.520. The van der Waals surface area contributed by atoms with Gasteiger partial charge in [0.25, 0.3) is 0 Å². The van der Waals surface area contributed by atoms with Gasteiger partial charge in [-0.1, -0.05) is 76.2 Å². The van der Waals surface area contributed by atoms with Gasteiger partial charge in [0.1, 0.15) is 42.3 Å². The molecule has 2 aromatic carbocycles. The minimum absolute atomic E-state index is 0.0294. The maximum Gasteiger partial charge on any atom is 0.326 e. The van der Waals surface area contributed by atoms with Crippen LogP contribution in [0.3, 0.4) is 0 Å².